The highest BCUT2D eigenvalue weighted by Crippen LogP contribution is 2.30. The van der Waals surface area contributed by atoms with Crippen LogP contribution in [0.25, 0.3) is 22.0 Å². The lowest BCUT2D eigenvalue weighted by molar-refractivity contribution is -0.134. The van der Waals surface area contributed by atoms with Crippen molar-refractivity contribution in [2.24, 2.45) is 0 Å². The van der Waals surface area contributed by atoms with Gasteiger partial charge in [-0.15, -0.1) is 0 Å². The molecule has 7 heteroatoms. The number of hydrogen-bond donors (Lipinski definition) is 1. The summed E-state index contributed by atoms with van der Waals surface area (Å²) in [5.74, 6) is 0.712. The molecule has 2 amide bonds. The zero-order valence-electron chi connectivity index (χ0n) is 21.7. The van der Waals surface area contributed by atoms with E-state index in [1.54, 1.807) is 32.6 Å². The van der Waals surface area contributed by atoms with Gasteiger partial charge in [0.2, 0.25) is 5.91 Å². The number of carbonyl (C=O) groups excluding carboxylic acids is 2. The first-order valence-electron chi connectivity index (χ1n) is 12.5. The smallest absolute Gasteiger partial charge is 0.408 e. The number of aromatic nitrogens is 1. The maximum absolute atomic E-state index is 12.8. The van der Waals surface area contributed by atoms with Crippen LogP contribution in [-0.2, 0) is 9.53 Å². The molecule has 0 spiro atoms. The Morgan fingerprint density at radius 3 is 2.42 bits per heavy atom. The molecule has 1 N–H and O–H groups in total. The first-order valence-corrected chi connectivity index (χ1v) is 12.5. The number of pyridine rings is 1. The van der Waals surface area contributed by atoms with E-state index in [9.17, 15) is 9.59 Å². The first-order chi connectivity index (χ1) is 17.1. The van der Waals surface area contributed by atoms with Crippen molar-refractivity contribution >= 4 is 22.9 Å². The summed E-state index contributed by atoms with van der Waals surface area (Å²) < 4.78 is 11.5. The Kier molecular flexibility index (Phi) is 7.48. The van der Waals surface area contributed by atoms with E-state index in [0.717, 1.165) is 46.2 Å². The fraction of sp³-hybridized carbons (Fsp3) is 0.414. The van der Waals surface area contributed by atoms with E-state index in [4.69, 9.17) is 9.47 Å². The second kappa shape index (κ2) is 10.6. The number of carbonyl (C=O) groups is 2. The van der Waals surface area contributed by atoms with E-state index in [2.05, 4.69) is 47.6 Å². The lowest BCUT2D eigenvalue weighted by Gasteiger charge is -2.34. The Morgan fingerprint density at radius 1 is 1.06 bits per heavy atom. The number of aryl methyl sites for hydroxylation is 1. The van der Waals surface area contributed by atoms with Crippen molar-refractivity contribution in [3.05, 3.63) is 60.3 Å². The standard InChI is InChI=1S/C29H35N3O4/c1-19-25(13-10-22-7-6-16-30-26(19)22)21-8-11-23(12-9-21)35-24-14-17-32(18-15-24)27(33)20(2)31-28(34)36-29(3,4)5/h6-13,16,20,24H,14-15,17-18H2,1-5H3,(H,31,34)/t20-/m0/s1. The van der Waals surface area contributed by atoms with Crippen molar-refractivity contribution in [3.63, 3.8) is 0 Å². The lowest BCUT2D eigenvalue weighted by atomic mass is 9.98. The number of piperidine rings is 1. The SMILES string of the molecule is Cc1c(-c2ccc(OC3CCN(C(=O)[C@H](C)NC(=O)OC(C)(C)C)CC3)cc2)ccc2cccnc12. The molecule has 1 aromatic heterocycles. The van der Waals surface area contributed by atoms with Gasteiger partial charge in [-0.25, -0.2) is 4.79 Å². The van der Waals surface area contributed by atoms with Gasteiger partial charge < -0.3 is 19.7 Å². The maximum Gasteiger partial charge on any atom is 0.408 e. The molecule has 0 saturated carbocycles. The second-order valence-electron chi connectivity index (χ2n) is 10.3. The molecule has 3 aromatic rings. The number of ether oxygens (including phenoxy) is 2. The average Bonchev–Trinajstić information content (AvgIpc) is 2.84. The van der Waals surface area contributed by atoms with Gasteiger partial charge in [-0.2, -0.15) is 0 Å². The van der Waals surface area contributed by atoms with Crippen LogP contribution in [0, 0.1) is 6.92 Å². The Labute approximate surface area is 212 Å². The number of likely N-dealkylation sites (tertiary alicyclic amines) is 1. The summed E-state index contributed by atoms with van der Waals surface area (Å²) in [6.45, 7) is 10.3. The number of rotatable bonds is 5. The van der Waals surface area contributed by atoms with Gasteiger partial charge in [-0.1, -0.05) is 30.3 Å². The van der Waals surface area contributed by atoms with Crippen molar-refractivity contribution < 1.29 is 19.1 Å². The summed E-state index contributed by atoms with van der Waals surface area (Å²) in [4.78, 5) is 31.1. The largest absolute Gasteiger partial charge is 0.490 e. The predicted octanol–water partition coefficient (Wildman–Crippen LogP) is 5.49. The van der Waals surface area contributed by atoms with Gasteiger partial charge in [0, 0.05) is 37.5 Å². The zero-order chi connectivity index (χ0) is 25.9. The number of nitrogens with one attached hydrogen (secondary N) is 1. The summed E-state index contributed by atoms with van der Waals surface area (Å²) in [5.41, 5.74) is 3.86. The number of hydrogen-bond acceptors (Lipinski definition) is 5. The number of benzene rings is 2. The molecule has 1 atom stereocenters. The molecule has 190 valence electrons. The lowest BCUT2D eigenvalue weighted by Crippen LogP contribution is -2.51. The fourth-order valence-electron chi connectivity index (χ4n) is 4.52. The van der Waals surface area contributed by atoms with Crippen LogP contribution in [-0.4, -0.2) is 52.7 Å². The van der Waals surface area contributed by atoms with Gasteiger partial charge in [-0.3, -0.25) is 9.78 Å². The topological polar surface area (TPSA) is 80.8 Å². The number of nitrogens with zero attached hydrogens (tertiary/aromatic N) is 2. The summed E-state index contributed by atoms with van der Waals surface area (Å²) in [6.07, 6.45) is 2.76. The van der Waals surface area contributed by atoms with E-state index in [1.165, 1.54) is 0 Å². The van der Waals surface area contributed by atoms with Crippen LogP contribution in [0.1, 0.15) is 46.1 Å². The third-order valence-electron chi connectivity index (χ3n) is 6.35. The molecule has 1 aliphatic heterocycles. The summed E-state index contributed by atoms with van der Waals surface area (Å²) >= 11 is 0. The van der Waals surface area contributed by atoms with E-state index in [-0.39, 0.29) is 12.0 Å². The highest BCUT2D eigenvalue weighted by atomic mass is 16.6. The third kappa shape index (κ3) is 6.14. The highest BCUT2D eigenvalue weighted by Gasteiger charge is 2.28. The molecule has 2 aromatic carbocycles. The Morgan fingerprint density at radius 2 is 1.75 bits per heavy atom. The Hall–Kier alpha value is -3.61. The zero-order valence-corrected chi connectivity index (χ0v) is 21.7. The molecule has 1 aliphatic rings. The maximum atomic E-state index is 12.8. The van der Waals surface area contributed by atoms with Crippen molar-refractivity contribution in [2.75, 3.05) is 13.1 Å². The van der Waals surface area contributed by atoms with Gasteiger partial charge in [-0.05, 0) is 69.5 Å². The van der Waals surface area contributed by atoms with Crippen molar-refractivity contribution in [1.82, 2.24) is 15.2 Å². The molecule has 36 heavy (non-hydrogen) atoms. The quantitative estimate of drug-likeness (QED) is 0.512. The summed E-state index contributed by atoms with van der Waals surface area (Å²) in [6, 6.07) is 15.8. The van der Waals surface area contributed by atoms with Gasteiger partial charge in [0.05, 0.1) is 5.52 Å². The predicted molar refractivity (Wildman–Crippen MR) is 141 cm³/mol. The number of amides is 2. The van der Waals surface area contributed by atoms with E-state index < -0.39 is 17.7 Å². The van der Waals surface area contributed by atoms with Crippen LogP contribution >= 0.6 is 0 Å². The van der Waals surface area contributed by atoms with Crippen LogP contribution in [0.2, 0.25) is 0 Å². The van der Waals surface area contributed by atoms with Crippen LogP contribution in [0.4, 0.5) is 4.79 Å². The van der Waals surface area contributed by atoms with Crippen molar-refractivity contribution in [2.45, 2.75) is 65.2 Å². The van der Waals surface area contributed by atoms with E-state index >= 15 is 0 Å². The van der Waals surface area contributed by atoms with Gasteiger partial charge in [0.1, 0.15) is 23.5 Å². The molecule has 2 heterocycles. The van der Waals surface area contributed by atoms with Crippen LogP contribution < -0.4 is 10.1 Å². The van der Waals surface area contributed by atoms with Crippen LogP contribution in [0.5, 0.6) is 5.75 Å². The van der Waals surface area contributed by atoms with Gasteiger partial charge >= 0.3 is 6.09 Å². The average molecular weight is 490 g/mol. The molecule has 0 aliphatic carbocycles. The molecule has 0 unspecified atom stereocenters. The monoisotopic (exact) mass is 489 g/mol. The molecule has 0 radical (unpaired) electrons. The molecule has 4 rings (SSSR count). The van der Waals surface area contributed by atoms with Gasteiger partial charge in [0.15, 0.2) is 0 Å². The minimum atomic E-state index is -0.640. The second-order valence-corrected chi connectivity index (χ2v) is 10.3. The van der Waals surface area contributed by atoms with Crippen LogP contribution in [0.15, 0.2) is 54.7 Å². The molecule has 0 bridgehead atoms. The Bertz CT molecular complexity index is 1230. The minimum absolute atomic E-state index is 0.0422. The summed E-state index contributed by atoms with van der Waals surface area (Å²) in [5, 5.41) is 3.77. The fourth-order valence-corrected chi connectivity index (χ4v) is 4.52. The van der Waals surface area contributed by atoms with E-state index in [0.29, 0.717) is 13.1 Å². The molecule has 1 fully saturated rings. The number of alkyl carbamates (subject to hydrolysis) is 1. The van der Waals surface area contributed by atoms with E-state index in [1.807, 2.05) is 24.4 Å². The number of fused-ring (bicyclic) bond motifs is 1. The third-order valence-corrected chi connectivity index (χ3v) is 6.35. The Balaban J connectivity index is 1.30. The van der Waals surface area contributed by atoms with Crippen molar-refractivity contribution in [3.8, 4) is 16.9 Å². The molecule has 1 saturated heterocycles. The van der Waals surface area contributed by atoms with Crippen LogP contribution in [0.3, 0.4) is 0 Å². The first kappa shape index (κ1) is 25.5. The summed E-state index contributed by atoms with van der Waals surface area (Å²) in [7, 11) is 0. The van der Waals surface area contributed by atoms with Crippen molar-refractivity contribution in [1.29, 1.82) is 0 Å². The highest BCUT2D eigenvalue weighted by molar-refractivity contribution is 5.88. The normalized spacial score (nSPS) is 15.4. The van der Waals surface area contributed by atoms with Gasteiger partial charge in [0.25, 0.3) is 0 Å². The molecular formula is C29H35N3O4. The molecule has 7 nitrogen and oxygen atoms in total. The molecular weight excluding hydrogens is 454 g/mol. The minimum Gasteiger partial charge on any atom is -0.490 e.